The maximum atomic E-state index is 10.1. The third kappa shape index (κ3) is 1.64. The van der Waals surface area contributed by atoms with Crippen LogP contribution in [0.4, 0.5) is 0 Å². The molecule has 4 heteroatoms. The largest absolute Gasteiger partial charge is 0.310 e. The van der Waals surface area contributed by atoms with Crippen LogP contribution in [0.25, 0.3) is 0 Å². The summed E-state index contributed by atoms with van der Waals surface area (Å²) in [6.07, 6.45) is 1.67. The summed E-state index contributed by atoms with van der Waals surface area (Å²) in [7, 11) is 0. The van der Waals surface area contributed by atoms with Gasteiger partial charge in [0.05, 0.1) is 6.54 Å². The van der Waals surface area contributed by atoms with Gasteiger partial charge in [-0.15, -0.1) is 0 Å². The van der Waals surface area contributed by atoms with Crippen molar-refractivity contribution in [2.75, 3.05) is 13.1 Å². The zero-order valence-corrected chi connectivity index (χ0v) is 5.17. The summed E-state index contributed by atoms with van der Waals surface area (Å²) in [5.41, 5.74) is 0. The highest BCUT2D eigenvalue weighted by atomic mass is 16.6. The zero-order chi connectivity index (χ0) is 6.69. The fourth-order valence-electron chi connectivity index (χ4n) is 1.01. The Morgan fingerprint density at radius 3 is 2.78 bits per heavy atom. The summed E-state index contributed by atoms with van der Waals surface area (Å²) in [6, 6.07) is -0.334. The summed E-state index contributed by atoms with van der Waals surface area (Å²) in [6.45, 7) is 1.48. The molecule has 0 aromatic rings. The van der Waals surface area contributed by atoms with E-state index in [0.717, 1.165) is 19.4 Å². The minimum absolute atomic E-state index is 0.202. The molecule has 1 aliphatic heterocycles. The first-order chi connectivity index (χ1) is 4.30. The van der Waals surface area contributed by atoms with Gasteiger partial charge in [-0.2, -0.15) is 0 Å². The van der Waals surface area contributed by atoms with Gasteiger partial charge >= 0.3 is 0 Å². The Kier molecular flexibility index (Phi) is 2.00. The van der Waals surface area contributed by atoms with E-state index in [9.17, 15) is 10.1 Å². The molecule has 9 heavy (non-hydrogen) atoms. The summed E-state index contributed by atoms with van der Waals surface area (Å²) < 4.78 is 0. The van der Waals surface area contributed by atoms with Crippen molar-refractivity contribution in [3.8, 4) is 0 Å². The molecule has 0 aliphatic carbocycles. The van der Waals surface area contributed by atoms with E-state index in [2.05, 4.69) is 5.32 Å². The molecule has 0 aromatic carbocycles. The fraction of sp³-hybridized carbons (Fsp3) is 1.00. The standard InChI is InChI=1S/C5H10N2O2/c8-7(9)5-2-1-3-6-4-5/h5-6H,1-4H2. The number of nitro groups is 1. The Morgan fingerprint density at radius 1 is 1.67 bits per heavy atom. The van der Waals surface area contributed by atoms with Crippen LogP contribution in [-0.4, -0.2) is 24.1 Å². The molecule has 52 valence electrons. The molecule has 0 saturated carbocycles. The third-order valence-electron chi connectivity index (χ3n) is 1.57. The number of hydrogen-bond acceptors (Lipinski definition) is 3. The second-order valence-corrected chi connectivity index (χ2v) is 2.29. The predicted molar refractivity (Wildman–Crippen MR) is 32.9 cm³/mol. The smallest absolute Gasteiger partial charge is 0.225 e. The Balaban J connectivity index is 2.31. The predicted octanol–water partition coefficient (Wildman–Crippen LogP) is 0.0151. The molecule has 1 N–H and O–H groups in total. The van der Waals surface area contributed by atoms with E-state index in [-0.39, 0.29) is 11.0 Å². The molecular weight excluding hydrogens is 120 g/mol. The molecule has 1 rings (SSSR count). The van der Waals surface area contributed by atoms with Gasteiger partial charge in [-0.25, -0.2) is 0 Å². The first-order valence-electron chi connectivity index (χ1n) is 3.15. The van der Waals surface area contributed by atoms with Crippen LogP contribution < -0.4 is 5.32 Å². The highest BCUT2D eigenvalue weighted by molar-refractivity contribution is 4.66. The number of piperidine rings is 1. The Bertz CT molecular complexity index is 110. The van der Waals surface area contributed by atoms with Gasteiger partial charge < -0.3 is 5.32 Å². The van der Waals surface area contributed by atoms with Crippen molar-refractivity contribution in [3.63, 3.8) is 0 Å². The van der Waals surface area contributed by atoms with Crippen molar-refractivity contribution >= 4 is 0 Å². The second kappa shape index (κ2) is 2.77. The Morgan fingerprint density at radius 2 is 2.44 bits per heavy atom. The number of hydrogen-bond donors (Lipinski definition) is 1. The topological polar surface area (TPSA) is 55.2 Å². The fourth-order valence-corrected chi connectivity index (χ4v) is 1.01. The first-order valence-corrected chi connectivity index (χ1v) is 3.15. The maximum Gasteiger partial charge on any atom is 0.225 e. The zero-order valence-electron chi connectivity index (χ0n) is 5.17. The van der Waals surface area contributed by atoms with E-state index < -0.39 is 0 Å². The third-order valence-corrected chi connectivity index (χ3v) is 1.57. The molecule has 1 atom stereocenters. The average molecular weight is 130 g/mol. The number of nitrogens with zero attached hydrogens (tertiary/aromatic N) is 1. The molecule has 1 unspecified atom stereocenters. The van der Waals surface area contributed by atoms with Crippen LogP contribution in [0.1, 0.15) is 12.8 Å². The molecule has 1 saturated heterocycles. The lowest BCUT2D eigenvalue weighted by molar-refractivity contribution is -0.522. The molecule has 0 bridgehead atoms. The minimum atomic E-state index is -0.334. The molecule has 1 heterocycles. The van der Waals surface area contributed by atoms with E-state index in [1.54, 1.807) is 0 Å². The van der Waals surface area contributed by atoms with Crippen LogP contribution in [0.3, 0.4) is 0 Å². The molecule has 1 aliphatic rings. The van der Waals surface area contributed by atoms with Gasteiger partial charge in [0, 0.05) is 11.3 Å². The summed E-state index contributed by atoms with van der Waals surface area (Å²) in [5, 5.41) is 13.1. The lowest BCUT2D eigenvalue weighted by Crippen LogP contribution is -2.38. The van der Waals surface area contributed by atoms with Gasteiger partial charge in [0.2, 0.25) is 6.04 Å². The number of rotatable bonds is 1. The van der Waals surface area contributed by atoms with Gasteiger partial charge in [-0.05, 0) is 13.0 Å². The van der Waals surface area contributed by atoms with Gasteiger partial charge in [0.1, 0.15) is 0 Å². The lowest BCUT2D eigenvalue weighted by atomic mass is 10.1. The molecule has 0 aromatic heterocycles. The van der Waals surface area contributed by atoms with Crippen molar-refractivity contribution in [2.45, 2.75) is 18.9 Å². The van der Waals surface area contributed by atoms with Crippen LogP contribution >= 0.6 is 0 Å². The molecule has 1 fully saturated rings. The van der Waals surface area contributed by atoms with Gasteiger partial charge in [-0.1, -0.05) is 0 Å². The van der Waals surface area contributed by atoms with E-state index in [1.807, 2.05) is 0 Å². The normalized spacial score (nSPS) is 27.8. The first kappa shape index (κ1) is 6.48. The van der Waals surface area contributed by atoms with Crippen molar-refractivity contribution in [1.29, 1.82) is 0 Å². The monoisotopic (exact) mass is 130 g/mol. The van der Waals surface area contributed by atoms with Crippen LogP contribution in [0, 0.1) is 10.1 Å². The maximum absolute atomic E-state index is 10.1. The summed E-state index contributed by atoms with van der Waals surface area (Å²) in [4.78, 5) is 9.92. The lowest BCUT2D eigenvalue weighted by Gasteiger charge is -2.15. The highest BCUT2D eigenvalue weighted by Crippen LogP contribution is 2.03. The SMILES string of the molecule is O=[N+]([O-])C1CCCNC1. The Labute approximate surface area is 53.4 Å². The van der Waals surface area contributed by atoms with E-state index in [4.69, 9.17) is 0 Å². The van der Waals surface area contributed by atoms with Crippen molar-refractivity contribution in [3.05, 3.63) is 10.1 Å². The van der Waals surface area contributed by atoms with Crippen molar-refractivity contribution in [1.82, 2.24) is 5.32 Å². The minimum Gasteiger partial charge on any atom is -0.310 e. The van der Waals surface area contributed by atoms with Gasteiger partial charge in [0.25, 0.3) is 0 Å². The summed E-state index contributed by atoms with van der Waals surface area (Å²) >= 11 is 0. The van der Waals surface area contributed by atoms with Crippen molar-refractivity contribution in [2.24, 2.45) is 0 Å². The summed E-state index contributed by atoms with van der Waals surface area (Å²) in [5.74, 6) is 0. The average Bonchev–Trinajstić information content (AvgIpc) is 1.90. The number of nitrogens with one attached hydrogen (secondary N) is 1. The van der Waals surface area contributed by atoms with Crippen LogP contribution in [-0.2, 0) is 0 Å². The quantitative estimate of drug-likeness (QED) is 0.402. The molecular formula is C5H10N2O2. The van der Waals surface area contributed by atoms with Crippen molar-refractivity contribution < 1.29 is 4.92 Å². The second-order valence-electron chi connectivity index (χ2n) is 2.29. The molecule has 0 spiro atoms. The molecule has 0 amide bonds. The highest BCUT2D eigenvalue weighted by Gasteiger charge is 2.21. The van der Waals surface area contributed by atoms with Gasteiger partial charge in [-0.3, -0.25) is 10.1 Å². The van der Waals surface area contributed by atoms with Gasteiger partial charge in [0.15, 0.2) is 0 Å². The Hall–Kier alpha value is -0.640. The molecule has 0 radical (unpaired) electrons. The van der Waals surface area contributed by atoms with E-state index in [1.165, 1.54) is 0 Å². The van der Waals surface area contributed by atoms with E-state index in [0.29, 0.717) is 6.54 Å². The van der Waals surface area contributed by atoms with Crippen LogP contribution in [0.15, 0.2) is 0 Å². The van der Waals surface area contributed by atoms with Crippen LogP contribution in [0.5, 0.6) is 0 Å². The van der Waals surface area contributed by atoms with E-state index >= 15 is 0 Å². The molecule has 4 nitrogen and oxygen atoms in total. The van der Waals surface area contributed by atoms with Crippen LogP contribution in [0.2, 0.25) is 0 Å².